The van der Waals surface area contributed by atoms with E-state index >= 15 is 0 Å². The Morgan fingerprint density at radius 3 is 2.82 bits per heavy atom. The summed E-state index contributed by atoms with van der Waals surface area (Å²) in [6.07, 6.45) is 0.933. The summed E-state index contributed by atoms with van der Waals surface area (Å²) in [5.74, 6) is -0.208. The Labute approximate surface area is 101 Å². The summed E-state index contributed by atoms with van der Waals surface area (Å²) in [6.45, 7) is 3.29. The molecule has 0 radical (unpaired) electrons. The second kappa shape index (κ2) is 6.10. The zero-order valence-corrected chi connectivity index (χ0v) is 9.81. The zero-order chi connectivity index (χ0) is 12.1. The van der Waals surface area contributed by atoms with E-state index in [1.807, 2.05) is 0 Å². The standard InChI is InChI=1S/C13H18FNO2/c14-12-3-1-11(2-4-12)9-13-10-15(5-7-16)6-8-17-13/h1-4,13,16H,5-10H2/t13-/m0/s1. The van der Waals surface area contributed by atoms with Crippen LogP contribution in [0.4, 0.5) is 4.39 Å². The van der Waals surface area contributed by atoms with Crippen LogP contribution in [0.15, 0.2) is 24.3 Å². The molecule has 1 atom stereocenters. The fourth-order valence-corrected chi connectivity index (χ4v) is 2.13. The highest BCUT2D eigenvalue weighted by molar-refractivity contribution is 5.17. The molecule has 0 unspecified atom stereocenters. The number of morpholine rings is 1. The molecule has 0 spiro atoms. The van der Waals surface area contributed by atoms with Crippen molar-refractivity contribution in [2.24, 2.45) is 0 Å². The lowest BCUT2D eigenvalue weighted by molar-refractivity contribution is -0.0313. The van der Waals surface area contributed by atoms with Gasteiger partial charge in [0.2, 0.25) is 0 Å². The SMILES string of the molecule is OCCN1CCO[C@@H](Cc2ccc(F)cc2)C1. The third kappa shape index (κ3) is 3.77. The van der Waals surface area contributed by atoms with Crippen LogP contribution >= 0.6 is 0 Å². The van der Waals surface area contributed by atoms with Crippen molar-refractivity contribution in [2.75, 3.05) is 32.8 Å². The molecule has 1 aromatic carbocycles. The normalized spacial score (nSPS) is 21.6. The Kier molecular flexibility index (Phi) is 4.48. The van der Waals surface area contributed by atoms with Gasteiger partial charge in [-0.25, -0.2) is 4.39 Å². The molecule has 17 heavy (non-hydrogen) atoms. The van der Waals surface area contributed by atoms with Gasteiger partial charge in [-0.2, -0.15) is 0 Å². The molecule has 1 aliphatic heterocycles. The largest absolute Gasteiger partial charge is 0.395 e. The first kappa shape index (κ1) is 12.5. The number of halogens is 1. The third-order valence-corrected chi connectivity index (χ3v) is 3.02. The molecule has 2 rings (SSSR count). The van der Waals surface area contributed by atoms with Crippen molar-refractivity contribution in [1.82, 2.24) is 4.90 Å². The maximum Gasteiger partial charge on any atom is 0.123 e. The molecule has 1 aromatic rings. The van der Waals surface area contributed by atoms with Gasteiger partial charge in [-0.3, -0.25) is 4.90 Å². The summed E-state index contributed by atoms with van der Waals surface area (Å²) < 4.78 is 18.4. The van der Waals surface area contributed by atoms with Crippen molar-refractivity contribution < 1.29 is 14.2 Å². The smallest absolute Gasteiger partial charge is 0.123 e. The average Bonchev–Trinajstić information content (AvgIpc) is 2.33. The molecule has 94 valence electrons. The molecule has 3 nitrogen and oxygen atoms in total. The number of hydrogen-bond acceptors (Lipinski definition) is 3. The van der Waals surface area contributed by atoms with E-state index in [2.05, 4.69) is 4.90 Å². The summed E-state index contributed by atoms with van der Waals surface area (Å²) in [7, 11) is 0. The highest BCUT2D eigenvalue weighted by Gasteiger charge is 2.20. The van der Waals surface area contributed by atoms with Crippen LogP contribution in [0.2, 0.25) is 0 Å². The van der Waals surface area contributed by atoms with E-state index < -0.39 is 0 Å². The van der Waals surface area contributed by atoms with E-state index in [0.717, 1.165) is 25.1 Å². The summed E-state index contributed by atoms with van der Waals surface area (Å²) in [4.78, 5) is 2.19. The van der Waals surface area contributed by atoms with Crippen LogP contribution in [0, 0.1) is 5.82 Å². The maximum absolute atomic E-state index is 12.8. The van der Waals surface area contributed by atoms with E-state index in [1.165, 1.54) is 12.1 Å². The van der Waals surface area contributed by atoms with Gasteiger partial charge in [0.25, 0.3) is 0 Å². The average molecular weight is 239 g/mol. The molecule has 4 heteroatoms. The topological polar surface area (TPSA) is 32.7 Å². The molecule has 0 saturated carbocycles. The Bertz CT molecular complexity index is 340. The molecule has 1 aliphatic rings. The maximum atomic E-state index is 12.8. The molecule has 1 heterocycles. The van der Waals surface area contributed by atoms with Crippen molar-refractivity contribution in [3.8, 4) is 0 Å². The summed E-state index contributed by atoms with van der Waals surface area (Å²) in [6, 6.07) is 6.54. The molecule has 1 fully saturated rings. The summed E-state index contributed by atoms with van der Waals surface area (Å²) in [5, 5.41) is 8.90. The predicted molar refractivity (Wildman–Crippen MR) is 63.4 cm³/mol. The minimum atomic E-state index is -0.208. The lowest BCUT2D eigenvalue weighted by atomic mass is 10.1. The number of aliphatic hydroxyl groups is 1. The van der Waals surface area contributed by atoms with Gasteiger partial charge in [-0.05, 0) is 24.1 Å². The highest BCUT2D eigenvalue weighted by Crippen LogP contribution is 2.12. The zero-order valence-electron chi connectivity index (χ0n) is 9.81. The van der Waals surface area contributed by atoms with Gasteiger partial charge in [-0.15, -0.1) is 0 Å². The Morgan fingerprint density at radius 1 is 1.35 bits per heavy atom. The van der Waals surface area contributed by atoms with Crippen LogP contribution in [0.1, 0.15) is 5.56 Å². The Morgan fingerprint density at radius 2 is 2.12 bits per heavy atom. The van der Waals surface area contributed by atoms with Crippen molar-refractivity contribution in [3.63, 3.8) is 0 Å². The van der Waals surface area contributed by atoms with Gasteiger partial charge in [-0.1, -0.05) is 12.1 Å². The van der Waals surface area contributed by atoms with Crippen LogP contribution in [0.5, 0.6) is 0 Å². The van der Waals surface area contributed by atoms with Crippen molar-refractivity contribution in [3.05, 3.63) is 35.6 Å². The van der Waals surface area contributed by atoms with E-state index in [9.17, 15) is 4.39 Å². The van der Waals surface area contributed by atoms with Crippen LogP contribution < -0.4 is 0 Å². The Balaban J connectivity index is 1.87. The van der Waals surface area contributed by atoms with Gasteiger partial charge in [0.15, 0.2) is 0 Å². The molecular formula is C13H18FNO2. The predicted octanol–water partition coefficient (Wildman–Crippen LogP) is 1.06. The number of nitrogens with zero attached hydrogens (tertiary/aromatic N) is 1. The number of rotatable bonds is 4. The number of benzene rings is 1. The van der Waals surface area contributed by atoms with Crippen molar-refractivity contribution >= 4 is 0 Å². The fraction of sp³-hybridized carbons (Fsp3) is 0.538. The molecule has 0 amide bonds. The quantitative estimate of drug-likeness (QED) is 0.853. The van der Waals surface area contributed by atoms with Gasteiger partial charge in [0, 0.05) is 19.6 Å². The number of aliphatic hydroxyl groups excluding tert-OH is 1. The van der Waals surface area contributed by atoms with Crippen molar-refractivity contribution in [2.45, 2.75) is 12.5 Å². The second-order valence-corrected chi connectivity index (χ2v) is 4.35. The monoisotopic (exact) mass is 239 g/mol. The van der Waals surface area contributed by atoms with E-state index in [0.29, 0.717) is 13.2 Å². The lowest BCUT2D eigenvalue weighted by Crippen LogP contribution is -2.44. The van der Waals surface area contributed by atoms with E-state index in [4.69, 9.17) is 9.84 Å². The highest BCUT2D eigenvalue weighted by atomic mass is 19.1. The molecule has 0 aliphatic carbocycles. The molecule has 0 aromatic heterocycles. The first-order chi connectivity index (χ1) is 8.28. The van der Waals surface area contributed by atoms with Crippen LogP contribution in [0.3, 0.4) is 0 Å². The minimum absolute atomic E-state index is 0.140. The van der Waals surface area contributed by atoms with Crippen LogP contribution in [0.25, 0.3) is 0 Å². The molecule has 1 saturated heterocycles. The van der Waals surface area contributed by atoms with E-state index in [-0.39, 0.29) is 18.5 Å². The van der Waals surface area contributed by atoms with Gasteiger partial charge in [0.1, 0.15) is 5.82 Å². The summed E-state index contributed by atoms with van der Waals surface area (Å²) >= 11 is 0. The number of β-amino-alcohol motifs (C(OH)–C–C–N with tert-alkyl or cyclic N) is 1. The van der Waals surface area contributed by atoms with Gasteiger partial charge in [0.05, 0.1) is 19.3 Å². The van der Waals surface area contributed by atoms with Gasteiger partial charge < -0.3 is 9.84 Å². The summed E-state index contributed by atoms with van der Waals surface area (Å²) in [5.41, 5.74) is 1.09. The van der Waals surface area contributed by atoms with Crippen molar-refractivity contribution in [1.29, 1.82) is 0 Å². The van der Waals surface area contributed by atoms with Crippen LogP contribution in [-0.4, -0.2) is 49.0 Å². The van der Waals surface area contributed by atoms with Gasteiger partial charge >= 0.3 is 0 Å². The molecular weight excluding hydrogens is 221 g/mol. The number of hydrogen-bond donors (Lipinski definition) is 1. The first-order valence-electron chi connectivity index (χ1n) is 5.97. The second-order valence-electron chi connectivity index (χ2n) is 4.35. The lowest BCUT2D eigenvalue weighted by Gasteiger charge is -2.32. The third-order valence-electron chi connectivity index (χ3n) is 3.02. The number of ether oxygens (including phenoxy) is 1. The fourth-order valence-electron chi connectivity index (χ4n) is 2.13. The molecule has 0 bridgehead atoms. The minimum Gasteiger partial charge on any atom is -0.395 e. The van der Waals surface area contributed by atoms with Crippen LogP contribution in [-0.2, 0) is 11.2 Å². The Hall–Kier alpha value is -0.970. The van der Waals surface area contributed by atoms with E-state index in [1.54, 1.807) is 12.1 Å². The first-order valence-corrected chi connectivity index (χ1v) is 5.97. The molecule has 1 N–H and O–H groups in total.